The molecule has 4 aromatic carbocycles. The van der Waals surface area contributed by atoms with E-state index in [4.69, 9.17) is 5.26 Å². The van der Waals surface area contributed by atoms with E-state index < -0.39 is 6.09 Å². The first-order valence-corrected chi connectivity index (χ1v) is 12.3. The lowest BCUT2D eigenvalue weighted by atomic mass is 9.88. The number of nitriles is 1. The Morgan fingerprint density at radius 3 is 2.39 bits per heavy atom. The van der Waals surface area contributed by atoms with Crippen molar-refractivity contribution in [2.24, 2.45) is 5.92 Å². The fraction of sp³-hybridized carbons (Fsp3) is 0.226. The topological polar surface area (TPSA) is 67.6 Å². The Kier molecular flexibility index (Phi) is 6.60. The van der Waals surface area contributed by atoms with Crippen LogP contribution in [0.4, 0.5) is 10.5 Å². The minimum atomic E-state index is -0.904. The van der Waals surface area contributed by atoms with Crippen molar-refractivity contribution >= 4 is 22.6 Å². The van der Waals surface area contributed by atoms with Gasteiger partial charge in [-0.25, -0.2) is 4.79 Å². The van der Waals surface area contributed by atoms with Gasteiger partial charge in [0.05, 0.1) is 17.7 Å². The van der Waals surface area contributed by atoms with E-state index in [1.165, 1.54) is 5.56 Å². The van der Waals surface area contributed by atoms with Crippen molar-refractivity contribution in [1.29, 1.82) is 5.26 Å². The summed E-state index contributed by atoms with van der Waals surface area (Å²) in [4.78, 5) is 16.5. The highest BCUT2D eigenvalue weighted by molar-refractivity contribution is 5.86. The van der Waals surface area contributed by atoms with E-state index in [0.717, 1.165) is 35.1 Å². The van der Waals surface area contributed by atoms with E-state index in [1.807, 2.05) is 73.7 Å². The van der Waals surface area contributed by atoms with E-state index in [2.05, 4.69) is 41.3 Å². The van der Waals surface area contributed by atoms with Crippen molar-refractivity contribution in [3.63, 3.8) is 0 Å². The van der Waals surface area contributed by atoms with Gasteiger partial charge in [0.25, 0.3) is 0 Å². The van der Waals surface area contributed by atoms with E-state index in [-0.39, 0.29) is 17.9 Å². The molecular formula is C31H29N3O2. The molecule has 180 valence electrons. The van der Waals surface area contributed by atoms with Gasteiger partial charge in [0, 0.05) is 37.2 Å². The molecule has 36 heavy (non-hydrogen) atoms. The summed E-state index contributed by atoms with van der Waals surface area (Å²) in [6.45, 7) is 3.97. The quantitative estimate of drug-likeness (QED) is 0.338. The maximum Gasteiger partial charge on any atom is 0.407 e. The van der Waals surface area contributed by atoms with Crippen molar-refractivity contribution in [3.05, 3.63) is 114 Å². The standard InChI is InChI=1S/C31H29N3O2/c1-22(28-13-7-11-24-10-5-6-12-29(24)28)34(31(35)36)20-26-19-33(27-16-14-23(18-32)15-17-27)21-30(26)25-8-3-2-4-9-25/h2-17,22,26,30H,19-21H2,1H3,(H,35,36)/t22-,26-,30-/m1/s1. The normalized spacial score (nSPS) is 18.1. The van der Waals surface area contributed by atoms with Gasteiger partial charge < -0.3 is 14.9 Å². The molecule has 1 aliphatic heterocycles. The number of carboxylic acid groups (broad SMARTS) is 1. The summed E-state index contributed by atoms with van der Waals surface area (Å²) >= 11 is 0. The van der Waals surface area contributed by atoms with Crippen molar-refractivity contribution in [2.75, 3.05) is 24.5 Å². The molecular weight excluding hydrogens is 446 g/mol. The predicted molar refractivity (Wildman–Crippen MR) is 143 cm³/mol. The highest BCUT2D eigenvalue weighted by Crippen LogP contribution is 2.38. The molecule has 1 N–H and O–H groups in total. The minimum absolute atomic E-state index is 0.122. The number of fused-ring (bicyclic) bond motifs is 1. The number of rotatable bonds is 6. The van der Waals surface area contributed by atoms with Crippen LogP contribution in [0.15, 0.2) is 97.1 Å². The van der Waals surface area contributed by atoms with Crippen LogP contribution >= 0.6 is 0 Å². The summed E-state index contributed by atoms with van der Waals surface area (Å²) < 4.78 is 0. The van der Waals surface area contributed by atoms with Crippen LogP contribution in [0.5, 0.6) is 0 Å². The Balaban J connectivity index is 1.46. The van der Waals surface area contributed by atoms with Gasteiger partial charge in [-0.2, -0.15) is 5.26 Å². The molecule has 0 aromatic heterocycles. The number of nitrogens with zero attached hydrogens (tertiary/aromatic N) is 3. The zero-order valence-electron chi connectivity index (χ0n) is 20.3. The van der Waals surface area contributed by atoms with E-state index in [0.29, 0.717) is 12.1 Å². The highest BCUT2D eigenvalue weighted by atomic mass is 16.4. The molecule has 1 fully saturated rings. The Labute approximate surface area is 211 Å². The fourth-order valence-corrected chi connectivity index (χ4v) is 5.53. The van der Waals surface area contributed by atoms with Gasteiger partial charge in [0.1, 0.15) is 0 Å². The zero-order chi connectivity index (χ0) is 25.1. The molecule has 0 unspecified atom stereocenters. The minimum Gasteiger partial charge on any atom is -0.465 e. The molecule has 0 radical (unpaired) electrons. The lowest BCUT2D eigenvalue weighted by Crippen LogP contribution is -2.38. The van der Waals surface area contributed by atoms with Gasteiger partial charge >= 0.3 is 6.09 Å². The molecule has 1 heterocycles. The Hall–Kier alpha value is -4.30. The number of hydrogen-bond donors (Lipinski definition) is 1. The first kappa shape index (κ1) is 23.4. The van der Waals surface area contributed by atoms with E-state index in [1.54, 1.807) is 4.90 Å². The van der Waals surface area contributed by atoms with Crippen molar-refractivity contribution in [2.45, 2.75) is 18.9 Å². The third kappa shape index (κ3) is 4.63. The number of hydrogen-bond acceptors (Lipinski definition) is 3. The second-order valence-electron chi connectivity index (χ2n) is 9.52. The third-order valence-corrected chi connectivity index (χ3v) is 7.45. The van der Waals surface area contributed by atoms with Crippen molar-refractivity contribution in [1.82, 2.24) is 4.90 Å². The molecule has 1 saturated heterocycles. The third-order valence-electron chi connectivity index (χ3n) is 7.45. The highest BCUT2D eigenvalue weighted by Gasteiger charge is 2.37. The summed E-state index contributed by atoms with van der Waals surface area (Å²) in [7, 11) is 0. The molecule has 5 heteroatoms. The summed E-state index contributed by atoms with van der Waals surface area (Å²) in [5.74, 6) is 0.319. The van der Waals surface area contributed by atoms with E-state index >= 15 is 0 Å². The second-order valence-corrected chi connectivity index (χ2v) is 9.52. The average Bonchev–Trinajstić information content (AvgIpc) is 3.35. The molecule has 3 atom stereocenters. The Bertz CT molecular complexity index is 1390. The molecule has 5 rings (SSSR count). The van der Waals surface area contributed by atoms with Crippen LogP contribution in [-0.2, 0) is 0 Å². The molecule has 0 saturated carbocycles. The molecule has 5 nitrogen and oxygen atoms in total. The predicted octanol–water partition coefficient (Wildman–Crippen LogP) is 6.67. The summed E-state index contributed by atoms with van der Waals surface area (Å²) in [6, 6.07) is 34.2. The van der Waals surface area contributed by atoms with Gasteiger partial charge in [0.2, 0.25) is 0 Å². The average molecular weight is 476 g/mol. The smallest absolute Gasteiger partial charge is 0.407 e. The Morgan fingerprint density at radius 2 is 1.67 bits per heavy atom. The summed E-state index contributed by atoms with van der Waals surface area (Å²) in [6.07, 6.45) is -0.904. The number of benzene rings is 4. The van der Waals surface area contributed by atoms with Gasteiger partial charge in [0.15, 0.2) is 0 Å². The molecule has 1 aliphatic rings. The number of amides is 1. The maximum atomic E-state index is 12.6. The Morgan fingerprint density at radius 1 is 0.972 bits per heavy atom. The SMILES string of the molecule is C[C@H](c1cccc2ccccc12)N(C[C@H]1CN(c2ccc(C#N)cc2)C[C@@H]1c1ccccc1)C(=O)O. The fourth-order valence-electron chi connectivity index (χ4n) is 5.53. The number of anilines is 1. The van der Waals surface area contributed by atoms with Crippen molar-refractivity contribution < 1.29 is 9.90 Å². The van der Waals surface area contributed by atoms with Crippen LogP contribution in [0.25, 0.3) is 10.8 Å². The van der Waals surface area contributed by atoms with Gasteiger partial charge in [-0.15, -0.1) is 0 Å². The molecule has 0 spiro atoms. The van der Waals surface area contributed by atoms with Crippen LogP contribution in [0, 0.1) is 17.2 Å². The largest absolute Gasteiger partial charge is 0.465 e. The van der Waals surface area contributed by atoms with Crippen LogP contribution in [0.1, 0.15) is 35.6 Å². The summed E-state index contributed by atoms with van der Waals surface area (Å²) in [5.41, 5.74) is 3.94. The first-order chi connectivity index (χ1) is 17.5. The second kappa shape index (κ2) is 10.1. The monoisotopic (exact) mass is 475 g/mol. The first-order valence-electron chi connectivity index (χ1n) is 12.3. The van der Waals surface area contributed by atoms with Gasteiger partial charge in [-0.3, -0.25) is 0 Å². The van der Waals surface area contributed by atoms with Crippen LogP contribution in [-0.4, -0.2) is 35.7 Å². The van der Waals surface area contributed by atoms with Crippen molar-refractivity contribution in [3.8, 4) is 6.07 Å². The molecule has 0 aliphatic carbocycles. The van der Waals surface area contributed by atoms with E-state index in [9.17, 15) is 9.90 Å². The van der Waals surface area contributed by atoms with Crippen LogP contribution < -0.4 is 4.90 Å². The molecule has 4 aromatic rings. The van der Waals surface area contributed by atoms with Gasteiger partial charge in [-0.1, -0.05) is 72.8 Å². The van der Waals surface area contributed by atoms with Crippen LogP contribution in [0.2, 0.25) is 0 Å². The molecule has 0 bridgehead atoms. The zero-order valence-corrected chi connectivity index (χ0v) is 20.3. The lowest BCUT2D eigenvalue weighted by molar-refractivity contribution is 0.118. The molecule has 1 amide bonds. The maximum absolute atomic E-state index is 12.6. The van der Waals surface area contributed by atoms with Gasteiger partial charge in [-0.05, 0) is 53.1 Å². The van der Waals surface area contributed by atoms with Crippen LogP contribution in [0.3, 0.4) is 0 Å². The summed E-state index contributed by atoms with van der Waals surface area (Å²) in [5, 5.41) is 21.7. The lowest BCUT2D eigenvalue weighted by Gasteiger charge is -2.32. The number of carbonyl (C=O) groups is 1.